The number of benzene rings is 2. The van der Waals surface area contributed by atoms with Crippen molar-refractivity contribution in [2.45, 2.75) is 16.0 Å². The summed E-state index contributed by atoms with van der Waals surface area (Å²) >= 11 is 5.42. The van der Waals surface area contributed by atoms with Gasteiger partial charge in [-0.2, -0.15) is 0 Å². The molecule has 2 heteroatoms. The van der Waals surface area contributed by atoms with Gasteiger partial charge in [0.1, 0.15) is 0 Å². The van der Waals surface area contributed by atoms with Crippen molar-refractivity contribution in [3.05, 3.63) is 65.7 Å². The number of hydrogen-bond donors (Lipinski definition) is 0. The Morgan fingerprint density at radius 2 is 1.56 bits per heavy atom. The molecule has 0 atom stereocenters. The molecule has 0 heterocycles. The Morgan fingerprint density at radius 3 is 2.31 bits per heavy atom. The van der Waals surface area contributed by atoms with Crippen LogP contribution in [0.4, 0.5) is 0 Å². The van der Waals surface area contributed by atoms with Gasteiger partial charge in [0, 0.05) is 16.0 Å². The molecule has 2 rings (SSSR count). The Labute approximate surface area is 109 Å². The van der Waals surface area contributed by atoms with Crippen molar-refractivity contribution in [3.8, 4) is 0 Å². The van der Waals surface area contributed by atoms with Crippen molar-refractivity contribution in [3.63, 3.8) is 0 Å². The molecule has 0 bridgehead atoms. The van der Waals surface area contributed by atoms with Crippen molar-refractivity contribution < 1.29 is 0 Å². The first-order valence-electron chi connectivity index (χ1n) is 5.21. The maximum Gasteiger partial charge on any atom is 0.0294 e. The minimum Gasteiger partial charge on any atom is -0.121 e. The van der Waals surface area contributed by atoms with E-state index >= 15 is 0 Å². The van der Waals surface area contributed by atoms with Crippen LogP contribution >= 0.6 is 27.7 Å². The summed E-state index contributed by atoms with van der Waals surface area (Å²) in [6.07, 6.45) is 0. The first-order chi connectivity index (χ1) is 7.90. The van der Waals surface area contributed by atoms with Gasteiger partial charge < -0.3 is 0 Å². The highest BCUT2D eigenvalue weighted by molar-refractivity contribution is 9.08. The molecule has 0 N–H and O–H groups in total. The summed E-state index contributed by atoms with van der Waals surface area (Å²) in [6.45, 7) is 0. The van der Waals surface area contributed by atoms with Gasteiger partial charge in [0.05, 0.1) is 0 Å². The molecule has 0 aromatic heterocycles. The average Bonchev–Trinajstić information content (AvgIpc) is 2.38. The smallest absolute Gasteiger partial charge is 0.0294 e. The van der Waals surface area contributed by atoms with E-state index in [1.54, 1.807) is 0 Å². The molecule has 0 spiro atoms. The fourth-order valence-electron chi connectivity index (χ4n) is 1.49. The lowest BCUT2D eigenvalue weighted by molar-refractivity contribution is 1.27. The highest BCUT2D eigenvalue weighted by Crippen LogP contribution is 2.27. The molecule has 82 valence electrons. The number of halogens is 1. The number of rotatable bonds is 4. The van der Waals surface area contributed by atoms with Gasteiger partial charge in [0.2, 0.25) is 0 Å². The Hall–Kier alpha value is -0.730. The van der Waals surface area contributed by atoms with Crippen molar-refractivity contribution in [2.75, 3.05) is 0 Å². The Morgan fingerprint density at radius 1 is 0.875 bits per heavy atom. The van der Waals surface area contributed by atoms with E-state index in [9.17, 15) is 0 Å². The molecule has 2 aromatic rings. The predicted molar refractivity (Wildman–Crippen MR) is 75.1 cm³/mol. The standard InChI is InChI=1S/C14H13BrS/c15-10-13-8-4-5-9-14(13)16-11-12-6-2-1-3-7-12/h1-9H,10-11H2. The van der Waals surface area contributed by atoms with Crippen molar-refractivity contribution in [2.24, 2.45) is 0 Å². The molecule has 0 aliphatic carbocycles. The molecular weight excluding hydrogens is 280 g/mol. The topological polar surface area (TPSA) is 0 Å². The summed E-state index contributed by atoms with van der Waals surface area (Å²) < 4.78 is 0. The van der Waals surface area contributed by atoms with E-state index in [4.69, 9.17) is 0 Å². The minimum absolute atomic E-state index is 0.922. The van der Waals surface area contributed by atoms with Gasteiger partial charge in [0.25, 0.3) is 0 Å². The second-order valence-corrected chi connectivity index (χ2v) is 5.09. The van der Waals surface area contributed by atoms with Gasteiger partial charge in [-0.15, -0.1) is 11.8 Å². The lowest BCUT2D eigenvalue weighted by Crippen LogP contribution is -1.84. The fraction of sp³-hybridized carbons (Fsp3) is 0.143. The van der Waals surface area contributed by atoms with E-state index in [2.05, 4.69) is 70.5 Å². The Balaban J connectivity index is 2.05. The third kappa shape index (κ3) is 3.13. The van der Waals surface area contributed by atoms with E-state index in [0.29, 0.717) is 0 Å². The molecule has 0 unspecified atom stereocenters. The van der Waals surface area contributed by atoms with E-state index in [1.807, 2.05) is 11.8 Å². The molecule has 0 aliphatic heterocycles. The lowest BCUT2D eigenvalue weighted by Gasteiger charge is -2.06. The van der Waals surface area contributed by atoms with E-state index in [0.717, 1.165) is 11.1 Å². The van der Waals surface area contributed by atoms with Crippen LogP contribution in [0.1, 0.15) is 11.1 Å². The molecule has 16 heavy (non-hydrogen) atoms. The first kappa shape index (κ1) is 11.7. The summed E-state index contributed by atoms with van der Waals surface area (Å²) in [4.78, 5) is 1.36. The molecule has 0 aliphatic rings. The third-order valence-corrected chi connectivity index (χ3v) is 4.14. The molecule has 0 nitrogen and oxygen atoms in total. The highest BCUT2D eigenvalue weighted by atomic mass is 79.9. The van der Waals surface area contributed by atoms with Crippen LogP contribution in [0.3, 0.4) is 0 Å². The SMILES string of the molecule is BrCc1ccccc1SCc1ccccc1. The van der Waals surface area contributed by atoms with Crippen LogP contribution in [0.15, 0.2) is 59.5 Å². The molecular formula is C14H13BrS. The molecule has 0 saturated heterocycles. The van der Waals surface area contributed by atoms with Gasteiger partial charge in [-0.1, -0.05) is 64.5 Å². The predicted octanol–water partition coefficient (Wildman–Crippen LogP) is 4.87. The summed E-state index contributed by atoms with van der Waals surface area (Å²) in [5, 5.41) is 0.922. The molecule has 0 fully saturated rings. The van der Waals surface area contributed by atoms with Crippen molar-refractivity contribution in [1.29, 1.82) is 0 Å². The molecule has 0 amide bonds. The van der Waals surface area contributed by atoms with Gasteiger partial charge >= 0.3 is 0 Å². The van der Waals surface area contributed by atoms with Crippen LogP contribution in [0.2, 0.25) is 0 Å². The zero-order chi connectivity index (χ0) is 11.2. The second-order valence-electron chi connectivity index (χ2n) is 3.52. The minimum atomic E-state index is 0.922. The quantitative estimate of drug-likeness (QED) is 0.572. The largest absolute Gasteiger partial charge is 0.121 e. The lowest BCUT2D eigenvalue weighted by atomic mass is 10.2. The summed E-state index contributed by atoms with van der Waals surface area (Å²) in [7, 11) is 0. The van der Waals surface area contributed by atoms with Gasteiger partial charge in [-0.05, 0) is 17.2 Å². The third-order valence-electron chi connectivity index (χ3n) is 2.35. The van der Waals surface area contributed by atoms with Gasteiger partial charge in [-0.3, -0.25) is 0 Å². The van der Waals surface area contributed by atoms with Crippen LogP contribution in [0, 0.1) is 0 Å². The number of hydrogen-bond acceptors (Lipinski definition) is 1. The van der Waals surface area contributed by atoms with E-state index in [-0.39, 0.29) is 0 Å². The van der Waals surface area contributed by atoms with Gasteiger partial charge in [0.15, 0.2) is 0 Å². The maximum absolute atomic E-state index is 3.52. The Kier molecular flexibility index (Phi) is 4.49. The van der Waals surface area contributed by atoms with Crippen molar-refractivity contribution >= 4 is 27.7 Å². The molecule has 0 saturated carbocycles. The highest BCUT2D eigenvalue weighted by Gasteiger charge is 2.01. The molecule has 2 aromatic carbocycles. The monoisotopic (exact) mass is 292 g/mol. The average molecular weight is 293 g/mol. The van der Waals surface area contributed by atoms with Crippen LogP contribution in [-0.4, -0.2) is 0 Å². The van der Waals surface area contributed by atoms with E-state index < -0.39 is 0 Å². The zero-order valence-electron chi connectivity index (χ0n) is 8.90. The normalized spacial score (nSPS) is 10.3. The summed E-state index contributed by atoms with van der Waals surface area (Å²) in [5.74, 6) is 1.03. The molecule has 0 radical (unpaired) electrons. The van der Waals surface area contributed by atoms with Crippen LogP contribution < -0.4 is 0 Å². The first-order valence-corrected chi connectivity index (χ1v) is 7.31. The summed E-state index contributed by atoms with van der Waals surface area (Å²) in [6, 6.07) is 19.1. The fourth-order valence-corrected chi connectivity index (χ4v) is 3.18. The number of alkyl halides is 1. The number of thioether (sulfide) groups is 1. The maximum atomic E-state index is 3.52. The van der Waals surface area contributed by atoms with Gasteiger partial charge in [-0.25, -0.2) is 0 Å². The van der Waals surface area contributed by atoms with Crippen LogP contribution in [0.25, 0.3) is 0 Å². The van der Waals surface area contributed by atoms with Crippen LogP contribution in [-0.2, 0) is 11.1 Å². The second kappa shape index (κ2) is 6.12. The van der Waals surface area contributed by atoms with E-state index in [1.165, 1.54) is 16.0 Å². The zero-order valence-corrected chi connectivity index (χ0v) is 11.3. The van der Waals surface area contributed by atoms with Crippen LogP contribution in [0.5, 0.6) is 0 Å². The Bertz CT molecular complexity index is 439. The van der Waals surface area contributed by atoms with Crippen molar-refractivity contribution in [1.82, 2.24) is 0 Å². The summed E-state index contributed by atoms with van der Waals surface area (Å²) in [5.41, 5.74) is 2.74.